The number of methoxy groups -OCH3 is 2. The molecule has 1 saturated heterocycles. The van der Waals surface area contributed by atoms with Crippen LogP contribution in [0.25, 0.3) is 21.5 Å². The molecule has 4 N–H and O–H groups in total. The van der Waals surface area contributed by atoms with E-state index in [4.69, 9.17) is 14.3 Å². The van der Waals surface area contributed by atoms with Gasteiger partial charge in [0.05, 0.1) is 15.2 Å². The molecule has 0 bridgehead atoms. The maximum Gasteiger partial charge on any atom is 0.333 e. The number of allylic oxidation sites excluding steroid dienone is 8. The van der Waals surface area contributed by atoms with Crippen LogP contribution in [0.2, 0.25) is 0 Å². The van der Waals surface area contributed by atoms with E-state index in [9.17, 15) is 66.3 Å². The number of hydrogen-bond acceptors (Lipinski definition) is 15. The van der Waals surface area contributed by atoms with E-state index in [-0.39, 0.29) is 60.4 Å². The van der Waals surface area contributed by atoms with Crippen LogP contribution in [0.4, 0.5) is 11.4 Å². The molecule has 2 amide bonds. The molecule has 7 rings (SSSR count). The number of hydroxylamine groups is 2. The summed E-state index contributed by atoms with van der Waals surface area (Å²) in [5.41, 5.74) is 1.70. The molecule has 4 aromatic rings. The van der Waals surface area contributed by atoms with Gasteiger partial charge in [-0.2, -0.15) is 38.2 Å². The van der Waals surface area contributed by atoms with Crippen molar-refractivity contribution in [3.8, 4) is 0 Å². The molecule has 0 saturated carbocycles. The highest BCUT2D eigenvalue weighted by Crippen LogP contribution is 2.54. The van der Waals surface area contributed by atoms with Gasteiger partial charge in [0.25, 0.3) is 52.3 Å². The van der Waals surface area contributed by atoms with Crippen molar-refractivity contribution in [1.82, 2.24) is 5.06 Å². The quantitative estimate of drug-likeness (QED) is 0.0204. The van der Waals surface area contributed by atoms with E-state index in [1.165, 1.54) is 32.4 Å². The van der Waals surface area contributed by atoms with Crippen molar-refractivity contribution >= 4 is 96.9 Å². The summed E-state index contributed by atoms with van der Waals surface area (Å²) in [5.74, 6) is -1.94. The van der Waals surface area contributed by atoms with Gasteiger partial charge in [0, 0.05) is 98.5 Å². The number of nitrogens with zero attached hydrogens (tertiary/aromatic N) is 3. The van der Waals surface area contributed by atoms with Gasteiger partial charge in [-0.05, 0) is 105 Å². The summed E-state index contributed by atoms with van der Waals surface area (Å²) in [6.45, 7) is 6.85. The lowest BCUT2D eigenvalue weighted by atomic mass is 9.75. The van der Waals surface area contributed by atoms with Crippen molar-refractivity contribution in [2.75, 3.05) is 45.4 Å². The Morgan fingerprint density at radius 1 is 0.658 bits per heavy atom. The number of ether oxygens (including phenoxy) is 2. The molecule has 0 aromatic heterocycles. The summed E-state index contributed by atoms with van der Waals surface area (Å²) in [7, 11) is -16.9. The van der Waals surface area contributed by atoms with Crippen LogP contribution >= 0.6 is 0 Å². The monoisotopic (exact) mass is 1130 g/mol. The minimum Gasteiger partial charge on any atom is -0.385 e. The van der Waals surface area contributed by atoms with Gasteiger partial charge in [-0.3, -0.25) is 27.8 Å². The van der Waals surface area contributed by atoms with E-state index in [1.54, 1.807) is 42.5 Å². The number of carbonyl (C=O) groups is 3. The number of hydrogen-bond donors (Lipinski definition) is 4. The zero-order valence-corrected chi connectivity index (χ0v) is 45.4. The summed E-state index contributed by atoms with van der Waals surface area (Å²) in [6.07, 6.45) is 14.2. The molecule has 0 radical (unpaired) electrons. The standard InChI is InChI=1S/C51H57N3O18S4/c1-6-52-39-20-18-35-37(29-33(73(58,59)60)31-41(35)75(64,65)66)48(39)50(2,24-27-70-4)43(52)15-11-8-7-9-12-16-44-51(3,25-28-71-5)49-38-30-34(74(61,62)63)32-42(76(67,68)69)36(38)19-21-40(49)53(44)26-14-10-13-17-47(57)72-54-45(55)22-23-46(54)56/h7-9,11-12,15-16,18-21,29-32H,6,10,13-14,17,22-28H2,1-5H3,(H3-,58,59,60,61,62,63,64,65,66,67,68,69)/p+1. The van der Waals surface area contributed by atoms with E-state index in [2.05, 4.69) is 0 Å². The first-order chi connectivity index (χ1) is 35.6. The highest BCUT2D eigenvalue weighted by Gasteiger charge is 2.49. The Morgan fingerprint density at radius 3 is 1.72 bits per heavy atom. The zero-order valence-electron chi connectivity index (χ0n) is 42.1. The first-order valence-electron chi connectivity index (χ1n) is 23.9. The Kier molecular flexibility index (Phi) is 16.8. The number of carbonyl (C=O) groups excluding carboxylic acids is 3. The predicted octanol–water partition coefficient (Wildman–Crippen LogP) is 6.93. The van der Waals surface area contributed by atoms with E-state index in [0.29, 0.717) is 84.2 Å². The topological polar surface area (TPSA) is 306 Å². The van der Waals surface area contributed by atoms with Gasteiger partial charge in [-0.1, -0.05) is 42.9 Å². The van der Waals surface area contributed by atoms with Crippen molar-refractivity contribution in [2.45, 2.75) is 103 Å². The van der Waals surface area contributed by atoms with Crippen LogP contribution in [0, 0.1) is 0 Å². The Balaban J connectivity index is 1.25. The van der Waals surface area contributed by atoms with Gasteiger partial charge in [0.15, 0.2) is 5.71 Å². The lowest BCUT2D eigenvalue weighted by molar-refractivity contribution is -0.433. The Hall–Kier alpha value is -6.00. The van der Waals surface area contributed by atoms with Crippen LogP contribution < -0.4 is 4.90 Å². The number of unbranched alkanes of at least 4 members (excludes halogenated alkanes) is 2. The fourth-order valence-electron chi connectivity index (χ4n) is 10.4. The first kappa shape index (κ1) is 57.7. The first-order valence-corrected chi connectivity index (χ1v) is 29.7. The third-order valence-corrected chi connectivity index (χ3v) is 17.4. The molecule has 3 aliphatic heterocycles. The van der Waals surface area contributed by atoms with Crippen LogP contribution in [0.15, 0.2) is 116 Å². The Labute approximate surface area is 440 Å². The van der Waals surface area contributed by atoms with Crippen LogP contribution in [-0.4, -0.2) is 126 Å². The minimum atomic E-state index is -5.03. The van der Waals surface area contributed by atoms with E-state index in [0.717, 1.165) is 11.8 Å². The van der Waals surface area contributed by atoms with Crippen molar-refractivity contribution in [3.63, 3.8) is 0 Å². The molecule has 21 nitrogen and oxygen atoms in total. The van der Waals surface area contributed by atoms with Gasteiger partial charge in [-0.25, -0.2) is 4.79 Å². The van der Waals surface area contributed by atoms with Gasteiger partial charge < -0.3 is 19.2 Å². The van der Waals surface area contributed by atoms with Crippen LogP contribution in [0.1, 0.15) is 83.3 Å². The van der Waals surface area contributed by atoms with E-state index < -0.39 is 88.7 Å². The van der Waals surface area contributed by atoms with Gasteiger partial charge in [-0.15, -0.1) is 5.06 Å². The number of imide groups is 1. The van der Waals surface area contributed by atoms with Crippen LogP contribution in [0.5, 0.6) is 0 Å². The summed E-state index contributed by atoms with van der Waals surface area (Å²) in [4.78, 5) is 40.6. The number of rotatable bonds is 22. The van der Waals surface area contributed by atoms with Gasteiger partial charge in [0.1, 0.15) is 16.3 Å². The van der Waals surface area contributed by atoms with Gasteiger partial charge in [0.2, 0.25) is 5.69 Å². The average Bonchev–Trinajstić information content (AvgIpc) is 3.89. The lowest BCUT2D eigenvalue weighted by Crippen LogP contribution is -2.32. The highest BCUT2D eigenvalue weighted by molar-refractivity contribution is 7.87. The molecule has 1 fully saturated rings. The maximum absolute atomic E-state index is 12.8. The Bertz CT molecular complexity index is 3660. The average molecular weight is 1130 g/mol. The van der Waals surface area contributed by atoms with E-state index in [1.807, 2.05) is 42.4 Å². The third kappa shape index (κ3) is 11.5. The summed E-state index contributed by atoms with van der Waals surface area (Å²) in [5, 5.41) is 0.856. The minimum absolute atomic E-state index is 0.000635. The zero-order chi connectivity index (χ0) is 55.8. The third-order valence-electron chi connectivity index (χ3n) is 14.0. The molecular formula is C51H58N3O18S4+. The molecule has 3 heterocycles. The number of benzene rings is 4. The molecule has 25 heteroatoms. The molecular weight excluding hydrogens is 1070 g/mol. The summed E-state index contributed by atoms with van der Waals surface area (Å²) >= 11 is 0. The maximum atomic E-state index is 12.8. The number of amides is 2. The smallest absolute Gasteiger partial charge is 0.333 e. The molecule has 4 aromatic carbocycles. The molecule has 408 valence electrons. The molecule has 0 aliphatic carbocycles. The van der Waals surface area contributed by atoms with Crippen molar-refractivity contribution in [2.24, 2.45) is 0 Å². The summed E-state index contributed by atoms with van der Waals surface area (Å²) < 4.78 is 155. The normalized spacial score (nSPS) is 20.0. The SMILES string of the molecule is CC[N+]1=C(/C=C/C=C/C=C/C=C2/N(CCCCCC(=O)ON3C(=O)CCC3=O)c3ccc4c(S(=O)(=O)O)cc(S(=O)(=O)O)cc4c3C2(C)CCOC)C(C)(CCOC)c2c1ccc1c(S(=O)(=O)O)cc(S(=O)(=O)O)cc21. The fourth-order valence-corrected chi connectivity index (χ4v) is 13.1. The second-order valence-corrected chi connectivity index (χ2v) is 24.4. The highest BCUT2D eigenvalue weighted by atomic mass is 32.2. The molecule has 2 atom stereocenters. The van der Waals surface area contributed by atoms with Crippen molar-refractivity contribution < 1.29 is 85.2 Å². The predicted molar refractivity (Wildman–Crippen MR) is 279 cm³/mol. The van der Waals surface area contributed by atoms with Crippen molar-refractivity contribution in [3.05, 3.63) is 108 Å². The largest absolute Gasteiger partial charge is 0.385 e. The molecule has 0 spiro atoms. The van der Waals surface area contributed by atoms with Crippen LogP contribution in [0.3, 0.4) is 0 Å². The van der Waals surface area contributed by atoms with Crippen LogP contribution in [-0.2, 0) is 80.0 Å². The fraction of sp³-hybridized carbons (Fsp3) is 0.373. The Morgan fingerprint density at radius 2 is 1.18 bits per heavy atom. The molecule has 3 aliphatic rings. The van der Waals surface area contributed by atoms with E-state index >= 15 is 0 Å². The number of anilines is 1. The lowest BCUT2D eigenvalue weighted by Gasteiger charge is -2.30. The molecule has 76 heavy (non-hydrogen) atoms. The number of fused-ring (bicyclic) bond motifs is 6. The second-order valence-electron chi connectivity index (χ2n) is 18.8. The second kappa shape index (κ2) is 22.2. The van der Waals surface area contributed by atoms with Crippen molar-refractivity contribution in [1.29, 1.82) is 0 Å². The van der Waals surface area contributed by atoms with Gasteiger partial charge >= 0.3 is 5.97 Å². The summed E-state index contributed by atoms with van der Waals surface area (Å²) in [6, 6.07) is 10.0. The molecule has 2 unspecified atom stereocenters.